The average Bonchev–Trinajstić information content (AvgIpc) is 2.09. The summed E-state index contributed by atoms with van der Waals surface area (Å²) in [6, 6.07) is 2.22. The zero-order valence-electron chi connectivity index (χ0n) is 6.47. The number of aliphatic hydroxyl groups is 1. The fourth-order valence-electron chi connectivity index (χ4n) is 0.917. The second kappa shape index (κ2) is 3.49. The first kappa shape index (κ1) is 8.93. The first-order valence-corrected chi connectivity index (χ1v) is 3.32. The van der Waals surface area contributed by atoms with E-state index in [0.29, 0.717) is 0 Å². The maximum absolute atomic E-state index is 12.8. The van der Waals surface area contributed by atoms with Crippen molar-refractivity contribution in [1.29, 1.82) is 0 Å². The second-order valence-electron chi connectivity index (χ2n) is 2.21. The minimum Gasteiger partial charge on any atom is -0.493 e. The van der Waals surface area contributed by atoms with E-state index in [2.05, 4.69) is 4.74 Å². The van der Waals surface area contributed by atoms with Gasteiger partial charge in [0.05, 0.1) is 13.7 Å². The molecule has 0 saturated heterocycles. The molecule has 0 spiro atoms. The number of hydrogen-bond acceptors (Lipinski definition) is 2. The van der Waals surface area contributed by atoms with Crippen molar-refractivity contribution in [3.63, 3.8) is 0 Å². The van der Waals surface area contributed by atoms with Gasteiger partial charge < -0.3 is 9.84 Å². The maximum Gasteiger partial charge on any atom is 0.200 e. The summed E-state index contributed by atoms with van der Waals surface area (Å²) in [5.41, 5.74) is 0.233. The second-order valence-corrected chi connectivity index (χ2v) is 2.21. The van der Waals surface area contributed by atoms with Crippen LogP contribution in [0, 0.1) is 11.6 Å². The number of rotatable bonds is 2. The molecule has 0 aliphatic carbocycles. The minimum atomic E-state index is -1.07. The maximum atomic E-state index is 12.8. The summed E-state index contributed by atoms with van der Waals surface area (Å²) in [4.78, 5) is 0. The summed E-state index contributed by atoms with van der Waals surface area (Å²) in [6.45, 7) is -0.375. The van der Waals surface area contributed by atoms with Crippen LogP contribution in [0.3, 0.4) is 0 Å². The van der Waals surface area contributed by atoms with Crippen LogP contribution < -0.4 is 4.74 Å². The lowest BCUT2D eigenvalue weighted by Crippen LogP contribution is -1.97. The summed E-state index contributed by atoms with van der Waals surface area (Å²) < 4.78 is 30.0. The lowest BCUT2D eigenvalue weighted by Gasteiger charge is -2.06. The van der Waals surface area contributed by atoms with Gasteiger partial charge in [-0.05, 0) is 12.1 Å². The molecule has 0 aliphatic rings. The monoisotopic (exact) mass is 174 g/mol. The Morgan fingerprint density at radius 2 is 2.08 bits per heavy atom. The van der Waals surface area contributed by atoms with E-state index in [4.69, 9.17) is 5.11 Å². The molecule has 0 aromatic heterocycles. The fourth-order valence-corrected chi connectivity index (χ4v) is 0.917. The molecule has 12 heavy (non-hydrogen) atoms. The highest BCUT2D eigenvalue weighted by Gasteiger charge is 2.12. The highest BCUT2D eigenvalue weighted by molar-refractivity contribution is 5.35. The van der Waals surface area contributed by atoms with Crippen LogP contribution in [0.25, 0.3) is 0 Å². The van der Waals surface area contributed by atoms with Gasteiger partial charge in [-0.15, -0.1) is 0 Å². The van der Waals surface area contributed by atoms with Crippen LogP contribution in [0.1, 0.15) is 5.56 Å². The Morgan fingerprint density at radius 3 is 2.58 bits per heavy atom. The van der Waals surface area contributed by atoms with Crippen LogP contribution in [0.5, 0.6) is 5.75 Å². The molecule has 0 aliphatic heterocycles. The van der Waals surface area contributed by atoms with Crippen LogP contribution in [0.4, 0.5) is 8.78 Å². The van der Waals surface area contributed by atoms with Crippen molar-refractivity contribution in [1.82, 2.24) is 0 Å². The Bertz CT molecular complexity index is 287. The number of ether oxygens (including phenoxy) is 1. The molecule has 0 fully saturated rings. The smallest absolute Gasteiger partial charge is 0.200 e. The van der Waals surface area contributed by atoms with E-state index in [-0.39, 0.29) is 17.9 Å². The first-order valence-electron chi connectivity index (χ1n) is 3.32. The molecule has 0 amide bonds. The van der Waals surface area contributed by atoms with E-state index < -0.39 is 11.6 Å². The molecule has 1 aromatic rings. The van der Waals surface area contributed by atoms with Crippen LogP contribution in [0.15, 0.2) is 12.1 Å². The molecule has 0 unspecified atom stereocenters. The summed E-state index contributed by atoms with van der Waals surface area (Å²) >= 11 is 0. The van der Waals surface area contributed by atoms with Gasteiger partial charge in [0.1, 0.15) is 0 Å². The van der Waals surface area contributed by atoms with Crippen molar-refractivity contribution in [2.75, 3.05) is 7.11 Å². The van der Waals surface area contributed by atoms with Crippen molar-refractivity contribution >= 4 is 0 Å². The number of benzene rings is 1. The summed E-state index contributed by atoms with van der Waals surface area (Å²) in [5, 5.41) is 8.70. The Kier molecular flexibility index (Phi) is 2.60. The lowest BCUT2D eigenvalue weighted by atomic mass is 10.2. The number of aliphatic hydroxyl groups excluding tert-OH is 1. The van der Waals surface area contributed by atoms with Crippen molar-refractivity contribution in [3.05, 3.63) is 29.3 Å². The molecule has 1 aromatic carbocycles. The number of hydrogen-bond donors (Lipinski definition) is 1. The minimum absolute atomic E-state index is 0.233. The summed E-state index contributed by atoms with van der Waals surface area (Å²) in [5.74, 6) is -2.29. The zero-order chi connectivity index (χ0) is 9.14. The highest BCUT2D eigenvalue weighted by atomic mass is 19.2. The third kappa shape index (κ3) is 1.38. The molecular weight excluding hydrogens is 166 g/mol. The van der Waals surface area contributed by atoms with Gasteiger partial charge in [0, 0.05) is 5.56 Å². The molecule has 66 valence electrons. The third-order valence-corrected chi connectivity index (χ3v) is 1.51. The van der Waals surface area contributed by atoms with Crippen LogP contribution in [-0.4, -0.2) is 12.2 Å². The van der Waals surface area contributed by atoms with Crippen molar-refractivity contribution in [2.45, 2.75) is 6.61 Å². The molecule has 4 heteroatoms. The SMILES string of the molecule is COc1c(CO)ccc(F)c1F. The van der Waals surface area contributed by atoms with Gasteiger partial charge in [-0.3, -0.25) is 0 Å². The topological polar surface area (TPSA) is 29.5 Å². The van der Waals surface area contributed by atoms with E-state index in [0.717, 1.165) is 6.07 Å². The van der Waals surface area contributed by atoms with E-state index >= 15 is 0 Å². The zero-order valence-corrected chi connectivity index (χ0v) is 6.47. The lowest BCUT2D eigenvalue weighted by molar-refractivity contribution is 0.269. The Hall–Kier alpha value is -1.16. The molecule has 0 heterocycles. The summed E-state index contributed by atoms with van der Waals surface area (Å²) in [7, 11) is 1.22. The Balaban J connectivity index is 3.25. The first-order chi connectivity index (χ1) is 5.70. The standard InChI is InChI=1S/C8H8F2O2/c1-12-8-5(4-11)2-3-6(9)7(8)10/h2-3,11H,4H2,1H3. The number of methoxy groups -OCH3 is 1. The molecule has 2 nitrogen and oxygen atoms in total. The van der Waals surface area contributed by atoms with Gasteiger partial charge in [-0.1, -0.05) is 0 Å². The molecule has 0 atom stereocenters. The molecule has 0 radical (unpaired) electrons. The van der Waals surface area contributed by atoms with Crippen LogP contribution >= 0.6 is 0 Å². The molecule has 0 saturated carbocycles. The molecule has 1 rings (SSSR count). The van der Waals surface area contributed by atoms with E-state index in [1.807, 2.05) is 0 Å². The van der Waals surface area contributed by atoms with Gasteiger partial charge >= 0.3 is 0 Å². The van der Waals surface area contributed by atoms with Gasteiger partial charge in [0.15, 0.2) is 11.6 Å². The predicted octanol–water partition coefficient (Wildman–Crippen LogP) is 1.47. The van der Waals surface area contributed by atoms with Crippen LogP contribution in [0.2, 0.25) is 0 Å². The molecule has 0 bridgehead atoms. The van der Waals surface area contributed by atoms with Crippen molar-refractivity contribution < 1.29 is 18.6 Å². The quantitative estimate of drug-likeness (QED) is 0.735. The fraction of sp³-hybridized carbons (Fsp3) is 0.250. The number of halogens is 2. The van der Waals surface area contributed by atoms with Gasteiger partial charge in [-0.25, -0.2) is 4.39 Å². The van der Waals surface area contributed by atoms with Gasteiger partial charge in [-0.2, -0.15) is 4.39 Å². The third-order valence-electron chi connectivity index (χ3n) is 1.51. The summed E-state index contributed by atoms with van der Waals surface area (Å²) in [6.07, 6.45) is 0. The van der Waals surface area contributed by atoms with Gasteiger partial charge in [0.25, 0.3) is 0 Å². The molecule has 1 N–H and O–H groups in total. The normalized spacial score (nSPS) is 10.0. The average molecular weight is 174 g/mol. The largest absolute Gasteiger partial charge is 0.493 e. The van der Waals surface area contributed by atoms with E-state index in [1.165, 1.54) is 13.2 Å². The van der Waals surface area contributed by atoms with Crippen molar-refractivity contribution in [2.24, 2.45) is 0 Å². The van der Waals surface area contributed by atoms with Crippen LogP contribution in [-0.2, 0) is 6.61 Å². The predicted molar refractivity (Wildman–Crippen MR) is 38.8 cm³/mol. The van der Waals surface area contributed by atoms with E-state index in [9.17, 15) is 8.78 Å². The Morgan fingerprint density at radius 1 is 1.42 bits per heavy atom. The highest BCUT2D eigenvalue weighted by Crippen LogP contribution is 2.24. The molecular formula is C8H8F2O2. The van der Waals surface area contributed by atoms with Crippen molar-refractivity contribution in [3.8, 4) is 5.75 Å². The Labute approximate surface area is 68.4 Å². The van der Waals surface area contributed by atoms with E-state index in [1.54, 1.807) is 0 Å². The van der Waals surface area contributed by atoms with Gasteiger partial charge in [0.2, 0.25) is 5.82 Å².